The Balaban J connectivity index is 2.10. The summed E-state index contributed by atoms with van der Waals surface area (Å²) in [6.45, 7) is 2.21. The maximum absolute atomic E-state index is 6.55. The molecule has 5 rings (SSSR count). The molecule has 0 saturated heterocycles. The molecule has 0 atom stereocenters. The number of pyridine rings is 1. The van der Waals surface area contributed by atoms with Crippen LogP contribution in [0.25, 0.3) is 38.4 Å². The van der Waals surface area contributed by atoms with Gasteiger partial charge in [-0.25, -0.2) is 0 Å². The molecule has 0 saturated carbocycles. The lowest BCUT2D eigenvalue weighted by molar-refractivity contribution is 1.26. The van der Waals surface area contributed by atoms with E-state index < -0.39 is 0 Å². The Morgan fingerprint density at radius 3 is 2.28 bits per heavy atom. The minimum atomic E-state index is 0.773. The highest BCUT2D eigenvalue weighted by atomic mass is 35.5. The molecule has 120 valence electrons. The van der Waals surface area contributed by atoms with Crippen LogP contribution in [0.15, 0.2) is 78.9 Å². The van der Waals surface area contributed by atoms with E-state index in [-0.39, 0.29) is 0 Å². The second kappa shape index (κ2) is 5.37. The van der Waals surface area contributed by atoms with E-state index in [0.29, 0.717) is 0 Å². The van der Waals surface area contributed by atoms with Gasteiger partial charge >= 0.3 is 0 Å². The molecular formula is C23H16ClN. The van der Waals surface area contributed by atoms with Crippen molar-refractivity contribution < 1.29 is 0 Å². The van der Waals surface area contributed by atoms with Crippen LogP contribution >= 0.6 is 11.6 Å². The molecule has 0 aliphatic heterocycles. The molecule has 3 aromatic carbocycles. The summed E-state index contributed by atoms with van der Waals surface area (Å²) in [5, 5.41) is 4.56. The van der Waals surface area contributed by atoms with Crippen molar-refractivity contribution in [3.05, 3.63) is 89.4 Å². The fourth-order valence-electron chi connectivity index (χ4n) is 3.89. The van der Waals surface area contributed by atoms with E-state index >= 15 is 0 Å². The van der Waals surface area contributed by atoms with Crippen molar-refractivity contribution in [1.82, 2.24) is 4.40 Å². The van der Waals surface area contributed by atoms with Crippen LogP contribution in [-0.4, -0.2) is 4.40 Å². The highest BCUT2D eigenvalue weighted by Crippen LogP contribution is 2.38. The van der Waals surface area contributed by atoms with E-state index in [0.717, 1.165) is 16.3 Å². The largest absolute Gasteiger partial charge is 0.308 e. The van der Waals surface area contributed by atoms with Gasteiger partial charge in [-0.1, -0.05) is 72.3 Å². The van der Waals surface area contributed by atoms with Gasteiger partial charge in [0.05, 0.1) is 16.7 Å². The summed E-state index contributed by atoms with van der Waals surface area (Å²) in [5.74, 6) is 0. The van der Waals surface area contributed by atoms with Gasteiger partial charge in [0.1, 0.15) is 0 Å². The average molecular weight is 342 g/mol. The fourth-order valence-corrected chi connectivity index (χ4v) is 4.12. The zero-order chi connectivity index (χ0) is 17.0. The Hall–Kier alpha value is -2.77. The Morgan fingerprint density at radius 2 is 1.44 bits per heavy atom. The van der Waals surface area contributed by atoms with Crippen LogP contribution in [0.5, 0.6) is 0 Å². The zero-order valence-corrected chi connectivity index (χ0v) is 14.6. The van der Waals surface area contributed by atoms with Gasteiger partial charge in [-0.2, -0.15) is 0 Å². The summed E-state index contributed by atoms with van der Waals surface area (Å²) in [5.41, 5.74) is 5.97. The Bertz CT molecular complexity index is 1260. The van der Waals surface area contributed by atoms with Crippen molar-refractivity contribution in [2.75, 3.05) is 0 Å². The van der Waals surface area contributed by atoms with Crippen LogP contribution in [0.2, 0.25) is 5.02 Å². The van der Waals surface area contributed by atoms with Gasteiger partial charge in [0.2, 0.25) is 0 Å². The summed E-state index contributed by atoms with van der Waals surface area (Å²) in [4.78, 5) is 0. The van der Waals surface area contributed by atoms with Gasteiger partial charge in [-0.3, -0.25) is 0 Å². The highest BCUT2D eigenvalue weighted by Gasteiger charge is 2.16. The maximum atomic E-state index is 6.55. The van der Waals surface area contributed by atoms with Crippen LogP contribution in [0.4, 0.5) is 0 Å². The Kier molecular flexibility index (Phi) is 3.13. The number of rotatable bonds is 1. The van der Waals surface area contributed by atoms with Crippen LogP contribution in [0.3, 0.4) is 0 Å². The lowest BCUT2D eigenvalue weighted by atomic mass is 10.0. The monoisotopic (exact) mass is 341 g/mol. The molecule has 0 unspecified atom stereocenters. The Labute approximate surface area is 151 Å². The van der Waals surface area contributed by atoms with Crippen molar-refractivity contribution in [1.29, 1.82) is 0 Å². The number of hydrogen-bond donors (Lipinski definition) is 0. The van der Waals surface area contributed by atoms with Crippen LogP contribution < -0.4 is 0 Å². The van der Waals surface area contributed by atoms with E-state index in [2.05, 4.69) is 72.0 Å². The molecule has 0 aliphatic rings. The third-order valence-corrected chi connectivity index (χ3v) is 5.36. The van der Waals surface area contributed by atoms with Gasteiger partial charge in [-0.05, 0) is 36.1 Å². The van der Waals surface area contributed by atoms with Gasteiger partial charge in [0, 0.05) is 21.4 Å². The van der Waals surface area contributed by atoms with E-state index in [9.17, 15) is 0 Å². The predicted octanol–water partition coefficient (Wildman–Crippen LogP) is 6.87. The van der Waals surface area contributed by atoms with Gasteiger partial charge < -0.3 is 4.40 Å². The number of nitrogens with zero attached hydrogens (tertiary/aromatic N) is 1. The van der Waals surface area contributed by atoms with E-state index in [1.165, 1.54) is 32.8 Å². The summed E-state index contributed by atoms with van der Waals surface area (Å²) in [6, 6.07) is 27.5. The first-order valence-corrected chi connectivity index (χ1v) is 8.80. The molecule has 0 bridgehead atoms. The van der Waals surface area contributed by atoms with Crippen LogP contribution in [-0.2, 0) is 0 Å². The summed E-state index contributed by atoms with van der Waals surface area (Å²) < 4.78 is 2.36. The zero-order valence-electron chi connectivity index (χ0n) is 13.8. The molecule has 0 radical (unpaired) electrons. The number of fused-ring (bicyclic) bond motifs is 5. The van der Waals surface area contributed by atoms with Crippen molar-refractivity contribution >= 4 is 38.8 Å². The molecule has 0 aliphatic carbocycles. The van der Waals surface area contributed by atoms with Crippen molar-refractivity contribution in [3.63, 3.8) is 0 Å². The second-order valence-electron chi connectivity index (χ2n) is 6.42. The minimum Gasteiger partial charge on any atom is -0.308 e. The van der Waals surface area contributed by atoms with E-state index in [1.54, 1.807) is 0 Å². The topological polar surface area (TPSA) is 4.41 Å². The minimum absolute atomic E-state index is 0.773. The first-order valence-electron chi connectivity index (χ1n) is 8.42. The van der Waals surface area contributed by atoms with Crippen LogP contribution in [0.1, 0.15) is 5.56 Å². The molecule has 25 heavy (non-hydrogen) atoms. The number of aryl methyl sites for hydroxylation is 1. The summed E-state index contributed by atoms with van der Waals surface area (Å²) >= 11 is 6.55. The van der Waals surface area contributed by atoms with E-state index in [1.807, 2.05) is 18.2 Å². The molecule has 2 aromatic heterocycles. The highest BCUT2D eigenvalue weighted by molar-refractivity contribution is 6.33. The first-order chi connectivity index (χ1) is 12.3. The SMILES string of the molecule is Cc1c2ccccc2n2c(-c3ccccc3Cl)cc3ccccc3c12. The fraction of sp³-hybridized carbons (Fsp3) is 0.0435. The molecule has 0 N–H and O–H groups in total. The molecule has 2 heteroatoms. The average Bonchev–Trinajstić information content (AvgIpc) is 2.96. The van der Waals surface area contributed by atoms with Crippen molar-refractivity contribution in [2.45, 2.75) is 6.92 Å². The number of aromatic nitrogens is 1. The van der Waals surface area contributed by atoms with Gasteiger partial charge in [0.25, 0.3) is 0 Å². The van der Waals surface area contributed by atoms with Crippen molar-refractivity contribution in [2.24, 2.45) is 0 Å². The molecular weight excluding hydrogens is 326 g/mol. The third-order valence-electron chi connectivity index (χ3n) is 5.03. The predicted molar refractivity (Wildman–Crippen MR) is 108 cm³/mol. The number of hydrogen-bond acceptors (Lipinski definition) is 0. The smallest absolute Gasteiger partial charge is 0.0576 e. The summed E-state index contributed by atoms with van der Waals surface area (Å²) in [7, 11) is 0. The molecule has 0 fully saturated rings. The summed E-state index contributed by atoms with van der Waals surface area (Å²) in [6.07, 6.45) is 0. The normalized spacial score (nSPS) is 11.6. The lowest BCUT2D eigenvalue weighted by Crippen LogP contribution is -1.94. The maximum Gasteiger partial charge on any atom is 0.0576 e. The van der Waals surface area contributed by atoms with Gasteiger partial charge in [0.15, 0.2) is 0 Å². The molecule has 0 spiro atoms. The molecule has 1 nitrogen and oxygen atoms in total. The van der Waals surface area contributed by atoms with Gasteiger partial charge in [-0.15, -0.1) is 0 Å². The third kappa shape index (κ3) is 2.03. The van der Waals surface area contributed by atoms with Crippen LogP contribution in [0, 0.1) is 6.92 Å². The number of para-hydroxylation sites is 1. The second-order valence-corrected chi connectivity index (χ2v) is 6.83. The first kappa shape index (κ1) is 14.6. The number of halogens is 1. The molecule has 5 aromatic rings. The molecule has 2 heterocycles. The lowest BCUT2D eigenvalue weighted by Gasteiger charge is -2.13. The molecule has 0 amide bonds. The van der Waals surface area contributed by atoms with Crippen molar-refractivity contribution in [3.8, 4) is 11.3 Å². The number of benzene rings is 3. The Morgan fingerprint density at radius 1 is 0.760 bits per heavy atom. The quantitative estimate of drug-likeness (QED) is 0.313. The standard InChI is InChI=1S/C23H16ClN/c1-15-17-9-5-7-13-21(17)25-22(19-11-4-6-12-20(19)24)14-16-8-2-3-10-18(16)23(15)25/h2-14H,1H3. The van der Waals surface area contributed by atoms with E-state index in [4.69, 9.17) is 11.6 Å².